The largest absolute Gasteiger partial charge is 0.454 e. The molecule has 2 aliphatic heterocycles. The lowest BCUT2D eigenvalue weighted by atomic mass is 10.1. The van der Waals surface area contributed by atoms with E-state index in [0.717, 1.165) is 47.9 Å². The van der Waals surface area contributed by atoms with Crippen LogP contribution in [0.4, 0.5) is 0 Å². The van der Waals surface area contributed by atoms with Gasteiger partial charge in [-0.25, -0.2) is 0 Å². The van der Waals surface area contributed by atoms with E-state index in [0.29, 0.717) is 12.8 Å². The summed E-state index contributed by atoms with van der Waals surface area (Å²) in [6.07, 6.45) is 3.12. The van der Waals surface area contributed by atoms with Crippen molar-refractivity contribution in [2.45, 2.75) is 38.6 Å². The first-order chi connectivity index (χ1) is 11.7. The average Bonchev–Trinajstić information content (AvgIpc) is 3.31. The van der Waals surface area contributed by atoms with Gasteiger partial charge >= 0.3 is 0 Å². The summed E-state index contributed by atoms with van der Waals surface area (Å²) in [5.41, 5.74) is 1.95. The van der Waals surface area contributed by atoms with Crippen molar-refractivity contribution in [3.05, 3.63) is 41.3 Å². The number of carbonyl (C=O) groups excluding carboxylic acids is 1. The molecular formula is C18H20N2O4. The maximum atomic E-state index is 12.7. The van der Waals surface area contributed by atoms with E-state index in [2.05, 4.69) is 5.16 Å². The maximum Gasteiger partial charge on any atom is 0.231 e. The topological polar surface area (TPSA) is 64.8 Å². The number of amides is 1. The van der Waals surface area contributed by atoms with Crippen molar-refractivity contribution in [3.63, 3.8) is 0 Å². The lowest BCUT2D eigenvalue weighted by Crippen LogP contribution is -2.30. The molecule has 0 saturated carbocycles. The molecule has 1 atom stereocenters. The molecule has 4 rings (SSSR count). The van der Waals surface area contributed by atoms with E-state index >= 15 is 0 Å². The predicted octanol–water partition coefficient (Wildman–Crippen LogP) is 3.01. The van der Waals surface area contributed by atoms with Crippen molar-refractivity contribution < 1.29 is 18.8 Å². The Morgan fingerprint density at radius 3 is 3.00 bits per heavy atom. The summed E-state index contributed by atoms with van der Waals surface area (Å²) in [7, 11) is 0. The molecule has 2 aromatic rings. The molecule has 0 spiro atoms. The number of carbonyl (C=O) groups is 1. The summed E-state index contributed by atoms with van der Waals surface area (Å²) in [5.74, 6) is 2.48. The molecule has 1 aromatic carbocycles. The van der Waals surface area contributed by atoms with Gasteiger partial charge in [0, 0.05) is 19.0 Å². The molecular weight excluding hydrogens is 308 g/mol. The lowest BCUT2D eigenvalue weighted by Gasteiger charge is -2.23. The Morgan fingerprint density at radius 2 is 2.17 bits per heavy atom. The summed E-state index contributed by atoms with van der Waals surface area (Å²) < 4.78 is 15.9. The highest BCUT2D eigenvalue weighted by molar-refractivity contribution is 5.77. The van der Waals surface area contributed by atoms with Crippen LogP contribution < -0.4 is 9.47 Å². The number of benzene rings is 1. The molecule has 1 amide bonds. The third-order valence-electron chi connectivity index (χ3n) is 4.63. The van der Waals surface area contributed by atoms with Gasteiger partial charge in [0.1, 0.15) is 11.5 Å². The van der Waals surface area contributed by atoms with Crippen LogP contribution in [0.5, 0.6) is 11.5 Å². The van der Waals surface area contributed by atoms with E-state index in [9.17, 15) is 4.79 Å². The maximum absolute atomic E-state index is 12.7. The van der Waals surface area contributed by atoms with E-state index in [1.807, 2.05) is 36.1 Å². The molecule has 126 valence electrons. The number of hydrogen-bond acceptors (Lipinski definition) is 5. The molecule has 2 aliphatic rings. The SMILES string of the molecule is Cc1cc([C@H]2CCCN2C(=O)CCc2ccc3c(c2)OCO3)no1. The first kappa shape index (κ1) is 15.1. The zero-order valence-corrected chi connectivity index (χ0v) is 13.7. The monoisotopic (exact) mass is 328 g/mol. The van der Waals surface area contributed by atoms with E-state index in [1.54, 1.807) is 0 Å². The number of hydrogen-bond donors (Lipinski definition) is 0. The fourth-order valence-electron chi connectivity index (χ4n) is 3.41. The number of rotatable bonds is 4. The number of aryl methyl sites for hydroxylation is 2. The van der Waals surface area contributed by atoms with Crippen LogP contribution in [0.2, 0.25) is 0 Å². The molecule has 6 nitrogen and oxygen atoms in total. The predicted molar refractivity (Wildman–Crippen MR) is 85.8 cm³/mol. The zero-order chi connectivity index (χ0) is 16.5. The van der Waals surface area contributed by atoms with Gasteiger partial charge in [0.25, 0.3) is 0 Å². The van der Waals surface area contributed by atoms with E-state index in [4.69, 9.17) is 14.0 Å². The third kappa shape index (κ3) is 2.84. The minimum absolute atomic E-state index is 0.0479. The minimum Gasteiger partial charge on any atom is -0.454 e. The Bertz CT molecular complexity index is 755. The molecule has 1 fully saturated rings. The van der Waals surface area contributed by atoms with Gasteiger partial charge in [-0.05, 0) is 43.9 Å². The number of aromatic nitrogens is 1. The molecule has 0 radical (unpaired) electrons. The van der Waals surface area contributed by atoms with Gasteiger partial charge in [-0.2, -0.15) is 0 Å². The van der Waals surface area contributed by atoms with E-state index in [-0.39, 0.29) is 18.7 Å². The van der Waals surface area contributed by atoms with Crippen LogP contribution in [0.3, 0.4) is 0 Å². The van der Waals surface area contributed by atoms with E-state index in [1.165, 1.54) is 0 Å². The van der Waals surface area contributed by atoms with Crippen molar-refractivity contribution in [3.8, 4) is 11.5 Å². The highest BCUT2D eigenvalue weighted by Crippen LogP contribution is 2.34. The van der Waals surface area contributed by atoms with Crippen LogP contribution in [-0.4, -0.2) is 29.3 Å². The molecule has 0 aliphatic carbocycles. The second-order valence-corrected chi connectivity index (χ2v) is 6.30. The molecule has 24 heavy (non-hydrogen) atoms. The van der Waals surface area contributed by atoms with Gasteiger partial charge in [-0.15, -0.1) is 0 Å². The van der Waals surface area contributed by atoms with Crippen molar-refractivity contribution in [2.24, 2.45) is 0 Å². The Kier molecular flexibility index (Phi) is 3.88. The van der Waals surface area contributed by atoms with Crippen molar-refractivity contribution in [1.29, 1.82) is 0 Å². The van der Waals surface area contributed by atoms with Crippen molar-refractivity contribution in [1.82, 2.24) is 10.1 Å². The number of ether oxygens (including phenoxy) is 2. The van der Waals surface area contributed by atoms with Gasteiger partial charge in [0.2, 0.25) is 12.7 Å². The smallest absolute Gasteiger partial charge is 0.231 e. The molecule has 1 aromatic heterocycles. The molecule has 1 saturated heterocycles. The minimum atomic E-state index is 0.0479. The Hall–Kier alpha value is -2.50. The number of likely N-dealkylation sites (tertiary alicyclic amines) is 1. The second kappa shape index (κ2) is 6.19. The first-order valence-electron chi connectivity index (χ1n) is 8.32. The molecule has 3 heterocycles. The van der Waals surface area contributed by atoms with Crippen LogP contribution in [0.1, 0.15) is 42.3 Å². The van der Waals surface area contributed by atoms with Gasteiger partial charge in [-0.3, -0.25) is 4.79 Å². The second-order valence-electron chi connectivity index (χ2n) is 6.30. The fraction of sp³-hybridized carbons (Fsp3) is 0.444. The zero-order valence-electron chi connectivity index (χ0n) is 13.7. The molecule has 0 bridgehead atoms. The Balaban J connectivity index is 1.40. The molecule has 6 heteroatoms. The van der Waals surface area contributed by atoms with E-state index < -0.39 is 0 Å². The van der Waals surface area contributed by atoms with Gasteiger partial charge in [0.15, 0.2) is 11.5 Å². The van der Waals surface area contributed by atoms with Gasteiger partial charge in [-0.1, -0.05) is 11.2 Å². The highest BCUT2D eigenvalue weighted by Gasteiger charge is 2.31. The number of nitrogens with zero attached hydrogens (tertiary/aromatic N) is 2. The quantitative estimate of drug-likeness (QED) is 0.863. The summed E-state index contributed by atoms with van der Waals surface area (Å²) >= 11 is 0. The summed E-state index contributed by atoms with van der Waals surface area (Å²) in [4.78, 5) is 14.6. The van der Waals surface area contributed by atoms with Gasteiger partial charge < -0.3 is 18.9 Å². The van der Waals surface area contributed by atoms with Gasteiger partial charge in [0.05, 0.1) is 6.04 Å². The van der Waals surface area contributed by atoms with Crippen molar-refractivity contribution >= 4 is 5.91 Å². The Labute approximate surface area is 140 Å². The van der Waals surface area contributed by atoms with Crippen LogP contribution in [0, 0.1) is 6.92 Å². The standard InChI is InChI=1S/C18H20N2O4/c1-12-9-14(19-24-12)15-3-2-8-20(15)18(21)7-5-13-4-6-16-17(10-13)23-11-22-16/h4,6,9-10,15H,2-3,5,7-8,11H2,1H3/t15-/m1/s1. The lowest BCUT2D eigenvalue weighted by molar-refractivity contribution is -0.132. The van der Waals surface area contributed by atoms with Crippen LogP contribution >= 0.6 is 0 Å². The number of fused-ring (bicyclic) bond motifs is 1. The van der Waals surface area contributed by atoms with Crippen molar-refractivity contribution in [2.75, 3.05) is 13.3 Å². The van der Waals surface area contributed by atoms with Crippen LogP contribution in [0.15, 0.2) is 28.8 Å². The van der Waals surface area contributed by atoms with Crippen LogP contribution in [-0.2, 0) is 11.2 Å². The summed E-state index contributed by atoms with van der Waals surface area (Å²) in [5, 5.41) is 4.09. The molecule has 0 N–H and O–H groups in total. The fourth-order valence-corrected chi connectivity index (χ4v) is 3.41. The normalized spacial score (nSPS) is 19.0. The van der Waals surface area contributed by atoms with Crippen LogP contribution in [0.25, 0.3) is 0 Å². The molecule has 0 unspecified atom stereocenters. The summed E-state index contributed by atoms with van der Waals surface area (Å²) in [6, 6.07) is 7.82. The first-order valence-corrected chi connectivity index (χ1v) is 8.32. The average molecular weight is 328 g/mol. The highest BCUT2D eigenvalue weighted by atomic mass is 16.7. The summed E-state index contributed by atoms with van der Waals surface area (Å²) in [6.45, 7) is 2.93. The Morgan fingerprint density at radius 1 is 1.29 bits per heavy atom. The third-order valence-corrected chi connectivity index (χ3v) is 4.63.